The number of amides is 1. The molecule has 0 bridgehead atoms. The molecule has 0 unspecified atom stereocenters. The number of hydrogen-bond donors (Lipinski definition) is 1. The summed E-state index contributed by atoms with van der Waals surface area (Å²) in [7, 11) is 1.51. The Morgan fingerprint density at radius 3 is 2.34 bits per heavy atom. The molecule has 1 N–H and O–H groups in total. The van der Waals surface area contributed by atoms with E-state index < -0.39 is 23.4 Å². The van der Waals surface area contributed by atoms with E-state index in [9.17, 15) is 14.4 Å². The number of halogens is 1. The molecule has 3 aliphatic rings. The average Bonchev–Trinajstić information content (AvgIpc) is 3.49. The molecule has 1 spiro atoms. The first-order valence-corrected chi connectivity index (χ1v) is 13.8. The summed E-state index contributed by atoms with van der Waals surface area (Å²) in [5, 5.41) is 3.32. The van der Waals surface area contributed by atoms with Crippen molar-refractivity contribution in [1.29, 1.82) is 0 Å². The maximum atomic E-state index is 14.8. The van der Waals surface area contributed by atoms with E-state index in [1.165, 1.54) is 7.11 Å². The molecule has 7 rings (SSSR count). The highest BCUT2D eigenvalue weighted by molar-refractivity contribution is 6.34. The van der Waals surface area contributed by atoms with E-state index in [0.717, 1.165) is 11.1 Å². The molecule has 7 heteroatoms. The van der Waals surface area contributed by atoms with E-state index in [1.54, 1.807) is 48.5 Å². The van der Waals surface area contributed by atoms with Crippen LogP contribution in [-0.4, -0.2) is 35.5 Å². The molecule has 4 aromatic rings. The van der Waals surface area contributed by atoms with Gasteiger partial charge in [0.25, 0.3) is 0 Å². The van der Waals surface area contributed by atoms with Gasteiger partial charge in [-0.2, -0.15) is 0 Å². The van der Waals surface area contributed by atoms with E-state index >= 15 is 0 Å². The van der Waals surface area contributed by atoms with Crippen molar-refractivity contribution in [2.45, 2.75) is 17.5 Å². The molecule has 6 nitrogen and oxygen atoms in total. The minimum atomic E-state index is -1.42. The highest BCUT2D eigenvalue weighted by atomic mass is 35.5. The largest absolute Gasteiger partial charge is 0.496 e. The van der Waals surface area contributed by atoms with Gasteiger partial charge in [-0.15, -0.1) is 0 Å². The second-order valence-corrected chi connectivity index (χ2v) is 10.9. The number of ketones is 2. The van der Waals surface area contributed by atoms with Crippen molar-refractivity contribution in [1.82, 2.24) is 4.90 Å². The van der Waals surface area contributed by atoms with Crippen LogP contribution in [0.5, 0.6) is 5.75 Å². The monoisotopic (exact) mass is 560 g/mol. The highest BCUT2D eigenvalue weighted by Crippen LogP contribution is 2.62. The van der Waals surface area contributed by atoms with E-state index in [4.69, 9.17) is 16.3 Å². The molecule has 4 atom stereocenters. The Kier molecular flexibility index (Phi) is 5.84. The maximum absolute atomic E-state index is 14.8. The molecule has 41 heavy (non-hydrogen) atoms. The summed E-state index contributed by atoms with van der Waals surface area (Å²) in [4.78, 5) is 45.9. The van der Waals surface area contributed by atoms with E-state index in [2.05, 4.69) is 5.32 Å². The number of benzene rings is 4. The summed E-state index contributed by atoms with van der Waals surface area (Å²) >= 11 is 6.60. The van der Waals surface area contributed by atoms with Gasteiger partial charge in [-0.25, -0.2) is 0 Å². The quantitative estimate of drug-likeness (QED) is 0.289. The van der Waals surface area contributed by atoms with Crippen molar-refractivity contribution in [3.05, 3.63) is 136 Å². The highest BCUT2D eigenvalue weighted by Gasteiger charge is 2.71. The van der Waals surface area contributed by atoms with Crippen LogP contribution in [0.25, 0.3) is 6.08 Å². The molecular weight excluding hydrogens is 536 g/mol. The van der Waals surface area contributed by atoms with Crippen LogP contribution >= 0.6 is 11.6 Å². The fourth-order valence-corrected chi connectivity index (χ4v) is 7.23. The lowest BCUT2D eigenvalue weighted by Crippen LogP contribution is -2.49. The number of nitrogens with one attached hydrogen (secondary N) is 1. The fourth-order valence-electron chi connectivity index (χ4n) is 7.00. The Balaban J connectivity index is 1.56. The first-order chi connectivity index (χ1) is 20.0. The van der Waals surface area contributed by atoms with Gasteiger partial charge >= 0.3 is 0 Å². The molecule has 4 aromatic carbocycles. The minimum absolute atomic E-state index is 0.267. The van der Waals surface area contributed by atoms with E-state index in [-0.39, 0.29) is 28.1 Å². The molecular formula is C34H25ClN2O4. The van der Waals surface area contributed by atoms with Gasteiger partial charge in [0.2, 0.25) is 5.91 Å². The normalized spacial score (nSPS) is 23.5. The molecule has 1 saturated heterocycles. The fraction of sp³-hybridized carbons (Fsp3) is 0.147. The van der Waals surface area contributed by atoms with Crippen LogP contribution < -0.4 is 10.1 Å². The number of carbonyl (C=O) groups excluding carboxylic acids is 3. The Morgan fingerprint density at radius 2 is 1.54 bits per heavy atom. The van der Waals surface area contributed by atoms with Crippen LogP contribution in [0.1, 0.15) is 43.4 Å². The van der Waals surface area contributed by atoms with E-state index in [0.29, 0.717) is 22.6 Å². The Labute approximate surface area is 242 Å². The molecule has 0 aliphatic carbocycles. The van der Waals surface area contributed by atoms with Crippen molar-refractivity contribution in [3.63, 3.8) is 0 Å². The number of anilines is 1. The average molecular weight is 561 g/mol. The summed E-state index contributed by atoms with van der Waals surface area (Å²) in [5.74, 6) is -1.70. The van der Waals surface area contributed by atoms with Gasteiger partial charge in [0, 0.05) is 17.5 Å². The smallest absolute Gasteiger partial charge is 0.238 e. The number of para-hydroxylation sites is 2. The lowest BCUT2D eigenvalue weighted by Gasteiger charge is -2.38. The number of carbonyl (C=O) groups is 3. The number of rotatable bonds is 5. The summed E-state index contributed by atoms with van der Waals surface area (Å²) in [6, 6.07) is 27.4. The first kappa shape index (κ1) is 25.3. The summed E-state index contributed by atoms with van der Waals surface area (Å²) in [6.45, 7) is 0. The molecule has 202 valence electrons. The number of hydrogen-bond acceptors (Lipinski definition) is 5. The predicted octanol–water partition coefficient (Wildman–Crippen LogP) is 6.33. The molecule has 1 fully saturated rings. The third-order valence-electron chi connectivity index (χ3n) is 8.63. The van der Waals surface area contributed by atoms with Crippen molar-refractivity contribution in [2.75, 3.05) is 12.4 Å². The van der Waals surface area contributed by atoms with Crippen LogP contribution in [-0.2, 0) is 10.2 Å². The second kappa shape index (κ2) is 9.46. The standard InChI is InChI=1S/C34H25ClN2O4/c1-41-27-17-9-5-13-23(27)31(39)29-28(30(38)22-12-4-7-15-25(22)35)34(24-14-6-8-16-26(24)36-33(34)40)32-21-11-3-2-10-20(21)18-19-37(29)32/h2-19,28-29,32H,1H3,(H,36,40)/t28-,29+,32+,34-/m0/s1. The number of Topliss-reactive ketones (excluding diaryl/α,β-unsaturated/α-hetero) is 2. The van der Waals surface area contributed by atoms with Gasteiger partial charge < -0.3 is 15.0 Å². The molecule has 0 saturated carbocycles. The number of nitrogens with zero attached hydrogens (tertiary/aromatic N) is 1. The van der Waals surface area contributed by atoms with E-state index in [1.807, 2.05) is 65.7 Å². The van der Waals surface area contributed by atoms with Gasteiger partial charge in [-0.3, -0.25) is 14.4 Å². The molecule has 3 aliphatic heterocycles. The van der Waals surface area contributed by atoms with Crippen LogP contribution in [0, 0.1) is 5.92 Å². The van der Waals surface area contributed by atoms with Crippen LogP contribution in [0.4, 0.5) is 5.69 Å². The summed E-state index contributed by atoms with van der Waals surface area (Å²) in [6.07, 6.45) is 3.78. The topological polar surface area (TPSA) is 75.7 Å². The molecule has 3 heterocycles. The van der Waals surface area contributed by atoms with Gasteiger partial charge in [-0.05, 0) is 53.1 Å². The Bertz CT molecular complexity index is 1780. The Morgan fingerprint density at radius 1 is 0.854 bits per heavy atom. The maximum Gasteiger partial charge on any atom is 0.238 e. The predicted molar refractivity (Wildman–Crippen MR) is 157 cm³/mol. The summed E-state index contributed by atoms with van der Waals surface area (Å²) in [5.41, 5.74) is 2.31. The van der Waals surface area contributed by atoms with Crippen LogP contribution in [0.2, 0.25) is 5.02 Å². The zero-order valence-electron chi connectivity index (χ0n) is 22.1. The SMILES string of the molecule is COc1ccccc1C(=O)[C@H]1[C@@H](C(=O)c2ccccc2Cl)[C@]2(C(=O)Nc3ccccc32)[C@H]2c3ccccc3C=CN12. The lowest BCUT2D eigenvalue weighted by molar-refractivity contribution is -0.122. The third-order valence-corrected chi connectivity index (χ3v) is 8.96. The van der Waals surface area contributed by atoms with Crippen molar-refractivity contribution in [2.24, 2.45) is 5.92 Å². The molecule has 0 radical (unpaired) electrons. The van der Waals surface area contributed by atoms with Crippen LogP contribution in [0.15, 0.2) is 103 Å². The first-order valence-electron chi connectivity index (χ1n) is 13.4. The van der Waals surface area contributed by atoms with Gasteiger partial charge in [-0.1, -0.05) is 78.3 Å². The zero-order valence-corrected chi connectivity index (χ0v) is 22.8. The molecule has 0 aromatic heterocycles. The number of methoxy groups -OCH3 is 1. The third kappa shape index (κ3) is 3.47. The second-order valence-electron chi connectivity index (χ2n) is 10.5. The van der Waals surface area contributed by atoms with Gasteiger partial charge in [0.15, 0.2) is 11.6 Å². The van der Waals surface area contributed by atoms with Crippen molar-refractivity contribution < 1.29 is 19.1 Å². The van der Waals surface area contributed by atoms with Crippen molar-refractivity contribution >= 4 is 40.8 Å². The summed E-state index contributed by atoms with van der Waals surface area (Å²) < 4.78 is 5.57. The lowest BCUT2D eigenvalue weighted by atomic mass is 9.62. The van der Waals surface area contributed by atoms with Crippen LogP contribution in [0.3, 0.4) is 0 Å². The number of ether oxygens (including phenoxy) is 1. The zero-order chi connectivity index (χ0) is 28.3. The number of fused-ring (bicyclic) bond motifs is 6. The molecule has 1 amide bonds. The van der Waals surface area contributed by atoms with Gasteiger partial charge in [0.05, 0.1) is 29.7 Å². The van der Waals surface area contributed by atoms with Crippen molar-refractivity contribution in [3.8, 4) is 5.75 Å². The Hall–Kier alpha value is -4.68. The van der Waals surface area contributed by atoms with Gasteiger partial charge in [0.1, 0.15) is 17.2 Å². The minimum Gasteiger partial charge on any atom is -0.496 e.